The smallest absolute Gasteiger partial charge is 0.244 e. The van der Waals surface area contributed by atoms with Crippen LogP contribution < -0.4 is 15.2 Å². The highest BCUT2D eigenvalue weighted by Crippen LogP contribution is 2.45. The van der Waals surface area contributed by atoms with Gasteiger partial charge in [0.25, 0.3) is 0 Å². The standard InChI is InChI=1S/C23H21ClN4O2/c1-2-7-18-21-20(16(12-25)22(26)30-23(21)28-27-18)15-9-4-6-11-19(15)29-13-14-8-3-5-10-17(14)24/h3-6,8-11,20H,2,7,13,26H2,1H3,(H,27,28)/t20-/m1/s1. The van der Waals surface area contributed by atoms with Gasteiger partial charge >= 0.3 is 0 Å². The zero-order chi connectivity index (χ0) is 21.1. The van der Waals surface area contributed by atoms with Crippen molar-refractivity contribution in [2.45, 2.75) is 32.3 Å². The first-order valence-electron chi connectivity index (χ1n) is 9.73. The third kappa shape index (κ3) is 3.60. The molecular weight excluding hydrogens is 400 g/mol. The number of halogens is 1. The van der Waals surface area contributed by atoms with Gasteiger partial charge in [0, 0.05) is 21.8 Å². The summed E-state index contributed by atoms with van der Waals surface area (Å²) in [6.45, 7) is 2.39. The Labute approximate surface area is 179 Å². The molecule has 6 nitrogen and oxygen atoms in total. The van der Waals surface area contributed by atoms with Crippen molar-refractivity contribution in [3.8, 4) is 17.7 Å². The lowest BCUT2D eigenvalue weighted by Crippen LogP contribution is -2.21. The average molecular weight is 421 g/mol. The van der Waals surface area contributed by atoms with Crippen molar-refractivity contribution in [3.63, 3.8) is 0 Å². The predicted molar refractivity (Wildman–Crippen MR) is 114 cm³/mol. The van der Waals surface area contributed by atoms with Crippen LogP contribution in [0.4, 0.5) is 0 Å². The zero-order valence-electron chi connectivity index (χ0n) is 16.5. The molecule has 1 atom stereocenters. The van der Waals surface area contributed by atoms with Crippen LogP contribution in [0.1, 0.15) is 41.6 Å². The number of hydrogen-bond acceptors (Lipinski definition) is 5. The van der Waals surface area contributed by atoms with E-state index in [1.807, 2.05) is 48.5 Å². The highest BCUT2D eigenvalue weighted by molar-refractivity contribution is 6.31. The largest absolute Gasteiger partial charge is 0.489 e. The predicted octanol–water partition coefficient (Wildman–Crippen LogP) is 4.81. The second-order valence-electron chi connectivity index (χ2n) is 7.01. The number of aromatic amines is 1. The Balaban J connectivity index is 1.77. The van der Waals surface area contributed by atoms with E-state index < -0.39 is 5.92 Å². The average Bonchev–Trinajstić information content (AvgIpc) is 3.15. The van der Waals surface area contributed by atoms with E-state index in [0.29, 0.717) is 28.8 Å². The zero-order valence-corrected chi connectivity index (χ0v) is 17.2. The molecule has 3 aromatic rings. The number of ether oxygens (including phenoxy) is 2. The van der Waals surface area contributed by atoms with Crippen LogP contribution in [0.3, 0.4) is 0 Å². The summed E-state index contributed by atoms with van der Waals surface area (Å²) in [6, 6.07) is 17.4. The van der Waals surface area contributed by atoms with Crippen LogP contribution in [0, 0.1) is 11.3 Å². The maximum absolute atomic E-state index is 9.86. The number of H-pyrrole nitrogens is 1. The fraction of sp³-hybridized carbons (Fsp3) is 0.217. The maximum Gasteiger partial charge on any atom is 0.244 e. The van der Waals surface area contributed by atoms with E-state index in [0.717, 1.165) is 35.2 Å². The molecule has 2 heterocycles. The van der Waals surface area contributed by atoms with Crippen molar-refractivity contribution < 1.29 is 9.47 Å². The van der Waals surface area contributed by atoms with E-state index >= 15 is 0 Å². The van der Waals surface area contributed by atoms with Crippen molar-refractivity contribution in [1.82, 2.24) is 10.2 Å². The van der Waals surface area contributed by atoms with Crippen molar-refractivity contribution in [3.05, 3.63) is 87.4 Å². The first kappa shape index (κ1) is 19.9. The molecule has 4 rings (SSSR count). The number of nitrogens with one attached hydrogen (secondary N) is 1. The van der Waals surface area contributed by atoms with Gasteiger partial charge in [-0.2, -0.15) is 5.26 Å². The molecule has 0 saturated heterocycles. The number of benzene rings is 2. The van der Waals surface area contributed by atoms with Gasteiger partial charge < -0.3 is 15.2 Å². The van der Waals surface area contributed by atoms with E-state index in [4.69, 9.17) is 26.8 Å². The number of aromatic nitrogens is 2. The SMILES string of the molecule is CCCc1[nH]nc2c1[C@H](c1ccccc1OCc1ccccc1Cl)C(C#N)=C(N)O2. The quantitative estimate of drug-likeness (QED) is 0.596. The minimum atomic E-state index is -0.429. The van der Waals surface area contributed by atoms with Gasteiger partial charge in [-0.1, -0.05) is 61.3 Å². The van der Waals surface area contributed by atoms with E-state index in [2.05, 4.69) is 23.2 Å². The Kier molecular flexibility index (Phi) is 5.64. The van der Waals surface area contributed by atoms with Gasteiger partial charge in [0.05, 0.1) is 11.5 Å². The molecule has 0 unspecified atom stereocenters. The molecule has 1 aliphatic rings. The van der Waals surface area contributed by atoms with Crippen LogP contribution in [-0.4, -0.2) is 10.2 Å². The van der Waals surface area contributed by atoms with Crippen LogP contribution in [-0.2, 0) is 13.0 Å². The van der Waals surface area contributed by atoms with E-state index in [9.17, 15) is 5.26 Å². The molecule has 30 heavy (non-hydrogen) atoms. The van der Waals surface area contributed by atoms with Gasteiger partial charge in [-0.05, 0) is 18.6 Å². The maximum atomic E-state index is 9.86. The van der Waals surface area contributed by atoms with E-state index in [1.54, 1.807) is 0 Å². The number of nitrogens with two attached hydrogens (primary N) is 1. The Morgan fingerprint density at radius 2 is 2.00 bits per heavy atom. The lowest BCUT2D eigenvalue weighted by atomic mass is 9.83. The second kappa shape index (κ2) is 8.52. The summed E-state index contributed by atoms with van der Waals surface area (Å²) in [6.07, 6.45) is 1.70. The highest BCUT2D eigenvalue weighted by Gasteiger charge is 2.36. The van der Waals surface area contributed by atoms with Crippen LogP contribution >= 0.6 is 11.6 Å². The second-order valence-corrected chi connectivity index (χ2v) is 7.42. The van der Waals surface area contributed by atoms with Crippen molar-refractivity contribution in [2.75, 3.05) is 0 Å². The fourth-order valence-electron chi connectivity index (χ4n) is 3.68. The number of allylic oxidation sites excluding steroid dienone is 1. The van der Waals surface area contributed by atoms with Crippen molar-refractivity contribution in [2.24, 2.45) is 5.73 Å². The van der Waals surface area contributed by atoms with Crippen LogP contribution in [0.25, 0.3) is 0 Å². The molecule has 2 aromatic carbocycles. The Bertz CT molecular complexity index is 1150. The number of hydrogen-bond donors (Lipinski definition) is 2. The summed E-state index contributed by atoms with van der Waals surface area (Å²) >= 11 is 6.28. The van der Waals surface area contributed by atoms with E-state index in [1.165, 1.54) is 0 Å². The van der Waals surface area contributed by atoms with Crippen LogP contribution in [0.15, 0.2) is 60.0 Å². The van der Waals surface area contributed by atoms with Gasteiger partial charge in [-0.25, -0.2) is 0 Å². The molecule has 0 radical (unpaired) electrons. The first-order valence-corrected chi connectivity index (χ1v) is 10.1. The molecule has 0 spiro atoms. The third-order valence-electron chi connectivity index (χ3n) is 5.09. The van der Waals surface area contributed by atoms with Crippen molar-refractivity contribution in [1.29, 1.82) is 5.26 Å². The molecule has 0 fully saturated rings. The number of rotatable bonds is 6. The van der Waals surface area contributed by atoms with Gasteiger partial charge in [-0.15, -0.1) is 5.10 Å². The molecule has 0 amide bonds. The lowest BCUT2D eigenvalue weighted by Gasteiger charge is -2.25. The molecule has 0 aliphatic carbocycles. The summed E-state index contributed by atoms with van der Waals surface area (Å²) in [5, 5.41) is 17.8. The molecule has 3 N–H and O–H groups in total. The van der Waals surface area contributed by atoms with Gasteiger partial charge in [0.1, 0.15) is 24.0 Å². The topological polar surface area (TPSA) is 97.0 Å². The number of fused-ring (bicyclic) bond motifs is 1. The van der Waals surface area contributed by atoms with Crippen LogP contribution in [0.5, 0.6) is 11.6 Å². The van der Waals surface area contributed by atoms with Gasteiger partial charge in [0.2, 0.25) is 11.8 Å². The first-order chi connectivity index (χ1) is 14.6. The Morgan fingerprint density at radius 1 is 1.23 bits per heavy atom. The summed E-state index contributed by atoms with van der Waals surface area (Å²) in [7, 11) is 0. The third-order valence-corrected chi connectivity index (χ3v) is 5.46. The van der Waals surface area contributed by atoms with Crippen LogP contribution in [0.2, 0.25) is 5.02 Å². The lowest BCUT2D eigenvalue weighted by molar-refractivity contribution is 0.301. The molecule has 1 aromatic heterocycles. The number of nitrogens with zero attached hydrogens (tertiary/aromatic N) is 2. The monoisotopic (exact) mass is 420 g/mol. The minimum Gasteiger partial charge on any atom is -0.489 e. The molecule has 0 saturated carbocycles. The number of aryl methyl sites for hydroxylation is 1. The summed E-state index contributed by atoms with van der Waals surface area (Å²) in [5.74, 6) is 0.687. The van der Waals surface area contributed by atoms with Crippen molar-refractivity contribution >= 4 is 11.6 Å². The van der Waals surface area contributed by atoms with E-state index in [-0.39, 0.29) is 5.88 Å². The van der Waals surface area contributed by atoms with Gasteiger partial charge in [-0.3, -0.25) is 5.10 Å². The normalized spacial score (nSPS) is 15.3. The Morgan fingerprint density at radius 3 is 2.77 bits per heavy atom. The molecule has 152 valence electrons. The summed E-state index contributed by atoms with van der Waals surface area (Å²) in [5.41, 5.74) is 9.88. The number of para-hydroxylation sites is 1. The molecular formula is C23H21ClN4O2. The minimum absolute atomic E-state index is 0.0606. The summed E-state index contributed by atoms with van der Waals surface area (Å²) in [4.78, 5) is 0. The highest BCUT2D eigenvalue weighted by atomic mass is 35.5. The number of nitriles is 1. The van der Waals surface area contributed by atoms with Gasteiger partial charge in [0.15, 0.2) is 0 Å². The molecule has 7 heteroatoms. The summed E-state index contributed by atoms with van der Waals surface area (Å²) < 4.78 is 11.8. The fourth-order valence-corrected chi connectivity index (χ4v) is 3.87. The molecule has 0 bridgehead atoms. The molecule has 1 aliphatic heterocycles. The Hall–Kier alpha value is -3.43.